The maximum atomic E-state index is 13.2. The molecule has 1 unspecified atom stereocenters. The number of amides is 1. The number of nitrogens with zero attached hydrogens (tertiary/aromatic N) is 3. The zero-order valence-electron chi connectivity index (χ0n) is 19.4. The molecule has 1 amide bonds. The molecule has 1 aliphatic rings. The summed E-state index contributed by atoms with van der Waals surface area (Å²) in [5, 5.41) is 43.6. The molecule has 9 nitrogen and oxygen atoms in total. The summed E-state index contributed by atoms with van der Waals surface area (Å²) in [6.45, 7) is 4.57. The lowest BCUT2D eigenvalue weighted by Crippen LogP contribution is -2.33. The third kappa shape index (κ3) is 4.96. The van der Waals surface area contributed by atoms with Gasteiger partial charge in [0.05, 0.1) is 11.6 Å². The molecule has 0 bridgehead atoms. The zero-order chi connectivity index (χ0) is 25.1. The molecule has 1 aliphatic heterocycles. The number of aliphatic hydroxyl groups is 1. The molecule has 4 rings (SSSR count). The Morgan fingerprint density at radius 2 is 2.14 bits per heavy atom. The van der Waals surface area contributed by atoms with E-state index in [1.165, 1.54) is 0 Å². The molecular weight excluding hydrogens is 464 g/mol. The molecule has 1 aromatic heterocycles. The lowest BCUT2D eigenvalue weighted by molar-refractivity contribution is 0.0750. The van der Waals surface area contributed by atoms with Gasteiger partial charge in [-0.05, 0) is 72.8 Å². The predicted octanol–water partition coefficient (Wildman–Crippen LogP) is 3.61. The van der Waals surface area contributed by atoms with Crippen molar-refractivity contribution >= 4 is 34.0 Å². The topological polar surface area (TPSA) is 145 Å². The number of rotatable bonds is 7. The molecular formula is C25H26N6O3S. The first kappa shape index (κ1) is 24.2. The molecule has 0 spiro atoms. The Labute approximate surface area is 207 Å². The summed E-state index contributed by atoms with van der Waals surface area (Å²) >= 11 is 1.03. The predicted molar refractivity (Wildman–Crippen MR) is 134 cm³/mol. The Morgan fingerprint density at radius 3 is 2.86 bits per heavy atom. The van der Waals surface area contributed by atoms with Crippen LogP contribution in [0.25, 0.3) is 0 Å². The molecule has 10 heteroatoms. The van der Waals surface area contributed by atoms with Gasteiger partial charge in [-0.15, -0.1) is 0 Å². The number of carbonyl (C=O) groups is 1. The zero-order valence-corrected chi connectivity index (χ0v) is 20.2. The largest absolute Gasteiger partial charge is 0.492 e. The monoisotopic (exact) mass is 490 g/mol. The molecule has 0 aliphatic carbocycles. The van der Waals surface area contributed by atoms with E-state index in [0.29, 0.717) is 41.3 Å². The van der Waals surface area contributed by atoms with Crippen LogP contribution in [0.15, 0.2) is 36.4 Å². The summed E-state index contributed by atoms with van der Waals surface area (Å²) in [4.78, 5) is 15.0. The summed E-state index contributed by atoms with van der Waals surface area (Å²) in [5.74, 6) is -0.345. The summed E-state index contributed by atoms with van der Waals surface area (Å²) in [5.41, 5.74) is 4.79. The Hall–Kier alpha value is -3.94. The highest BCUT2D eigenvalue weighted by atomic mass is 32.1. The first-order valence-electron chi connectivity index (χ1n) is 11.1. The van der Waals surface area contributed by atoms with Crippen LogP contribution in [0.4, 0.5) is 10.7 Å². The highest BCUT2D eigenvalue weighted by Crippen LogP contribution is 2.33. The van der Waals surface area contributed by atoms with Gasteiger partial charge in [0.1, 0.15) is 16.4 Å². The maximum absolute atomic E-state index is 13.2. The van der Waals surface area contributed by atoms with Gasteiger partial charge in [-0.1, -0.05) is 12.1 Å². The van der Waals surface area contributed by atoms with Crippen molar-refractivity contribution in [1.29, 1.82) is 10.7 Å². The first-order valence-corrected chi connectivity index (χ1v) is 11.9. The number of nitrogens with one attached hydrogen (secondary N) is 3. The number of amidine groups is 1. The van der Waals surface area contributed by atoms with Gasteiger partial charge in [0.25, 0.3) is 5.91 Å². The summed E-state index contributed by atoms with van der Waals surface area (Å²) < 4.78 is 3.96. The minimum atomic E-state index is -0.250. The van der Waals surface area contributed by atoms with E-state index in [1.54, 1.807) is 23.1 Å². The molecule has 3 aromatic rings. The van der Waals surface area contributed by atoms with Crippen molar-refractivity contribution in [2.45, 2.75) is 39.4 Å². The molecule has 1 atom stereocenters. The molecule has 0 fully saturated rings. The van der Waals surface area contributed by atoms with E-state index in [1.807, 2.05) is 32.0 Å². The Balaban J connectivity index is 1.50. The lowest BCUT2D eigenvalue weighted by atomic mass is 10.0. The molecule has 0 saturated carbocycles. The van der Waals surface area contributed by atoms with Gasteiger partial charge in [-0.3, -0.25) is 10.2 Å². The Bertz CT molecular complexity index is 1330. The number of aromatic nitrogens is 1. The van der Waals surface area contributed by atoms with Gasteiger partial charge < -0.3 is 25.7 Å². The van der Waals surface area contributed by atoms with Crippen LogP contribution in [-0.2, 0) is 13.1 Å². The first-order chi connectivity index (χ1) is 16.8. The summed E-state index contributed by atoms with van der Waals surface area (Å²) in [6, 6.07) is 13.0. The molecule has 2 aromatic carbocycles. The van der Waals surface area contributed by atoms with Crippen LogP contribution in [0.1, 0.15) is 51.5 Å². The average molecular weight is 491 g/mol. The lowest BCUT2D eigenvalue weighted by Gasteiger charge is -2.18. The van der Waals surface area contributed by atoms with Gasteiger partial charge in [-0.25, -0.2) is 0 Å². The van der Waals surface area contributed by atoms with Gasteiger partial charge in [-0.2, -0.15) is 9.64 Å². The number of nitriles is 1. The number of fused-ring (bicyclic) bond motifs is 1. The number of aromatic hydroxyl groups is 1. The quantitative estimate of drug-likeness (QED) is 0.251. The highest BCUT2D eigenvalue weighted by molar-refractivity contribution is 7.11. The van der Waals surface area contributed by atoms with Gasteiger partial charge in [0, 0.05) is 37.0 Å². The van der Waals surface area contributed by atoms with E-state index in [4.69, 9.17) is 10.5 Å². The van der Waals surface area contributed by atoms with Crippen molar-refractivity contribution < 1.29 is 15.0 Å². The van der Waals surface area contributed by atoms with E-state index in [9.17, 15) is 15.2 Å². The van der Waals surface area contributed by atoms with Crippen molar-refractivity contribution in [2.24, 2.45) is 0 Å². The van der Waals surface area contributed by atoms with E-state index in [0.717, 1.165) is 28.2 Å². The van der Waals surface area contributed by atoms with Crippen LogP contribution in [0.3, 0.4) is 0 Å². The number of hydrogen-bond donors (Lipinski definition) is 5. The van der Waals surface area contributed by atoms with E-state index in [-0.39, 0.29) is 35.8 Å². The summed E-state index contributed by atoms with van der Waals surface area (Å²) in [6.07, 6.45) is 0.470. The van der Waals surface area contributed by atoms with E-state index < -0.39 is 0 Å². The second kappa shape index (κ2) is 10.1. The minimum absolute atomic E-state index is 0.00618. The number of hydrogen-bond acceptors (Lipinski definition) is 8. The van der Waals surface area contributed by atoms with Crippen LogP contribution < -0.4 is 10.6 Å². The average Bonchev–Trinajstić information content (AvgIpc) is 3.42. The van der Waals surface area contributed by atoms with Crippen LogP contribution in [-0.4, -0.2) is 43.9 Å². The third-order valence-electron chi connectivity index (χ3n) is 5.98. The normalized spacial score (nSPS) is 13.1. The second-order valence-electron chi connectivity index (χ2n) is 8.51. The molecule has 5 N–H and O–H groups in total. The fraction of sp³-hybridized carbons (Fsp3) is 0.280. The smallest absolute Gasteiger partial charge is 0.254 e. The second-order valence-corrected chi connectivity index (χ2v) is 9.29. The highest BCUT2D eigenvalue weighted by Gasteiger charge is 2.27. The Morgan fingerprint density at radius 1 is 1.34 bits per heavy atom. The van der Waals surface area contributed by atoms with Crippen molar-refractivity contribution in [3.8, 4) is 11.9 Å². The SMILES string of the molecule is Cc1cc(Nc2snc(O)c2C(=N)NC(C)CCO)ccc1C(=O)N1Cc2cccc(C#N)c2C1. The van der Waals surface area contributed by atoms with Crippen LogP contribution >= 0.6 is 11.5 Å². The van der Waals surface area contributed by atoms with Gasteiger partial charge in [0.15, 0.2) is 0 Å². The fourth-order valence-corrected chi connectivity index (χ4v) is 4.85. The Kier molecular flexibility index (Phi) is 7.00. The third-order valence-corrected chi connectivity index (χ3v) is 6.74. The number of aliphatic hydroxyl groups excluding tert-OH is 1. The van der Waals surface area contributed by atoms with Crippen LogP contribution in [0.2, 0.25) is 0 Å². The fourth-order valence-electron chi connectivity index (χ4n) is 4.13. The van der Waals surface area contributed by atoms with Crippen molar-refractivity contribution in [1.82, 2.24) is 14.6 Å². The van der Waals surface area contributed by atoms with Crippen molar-refractivity contribution in [3.63, 3.8) is 0 Å². The number of aryl methyl sites for hydroxylation is 1. The van der Waals surface area contributed by atoms with Crippen molar-refractivity contribution in [3.05, 3.63) is 69.8 Å². The molecule has 2 heterocycles. The van der Waals surface area contributed by atoms with Gasteiger partial charge >= 0.3 is 0 Å². The number of anilines is 2. The maximum Gasteiger partial charge on any atom is 0.254 e. The number of carbonyl (C=O) groups excluding carboxylic acids is 1. The van der Waals surface area contributed by atoms with Crippen molar-refractivity contribution in [2.75, 3.05) is 11.9 Å². The molecule has 0 radical (unpaired) electrons. The van der Waals surface area contributed by atoms with E-state index in [2.05, 4.69) is 21.1 Å². The van der Waals surface area contributed by atoms with Crippen LogP contribution in [0.5, 0.6) is 5.88 Å². The number of benzene rings is 2. The van der Waals surface area contributed by atoms with Crippen LogP contribution in [0, 0.1) is 23.7 Å². The molecule has 180 valence electrons. The van der Waals surface area contributed by atoms with Gasteiger partial charge in [0.2, 0.25) is 5.88 Å². The standard InChI is InChI=1S/C25H26N6O3S/c1-14-10-18(29-24-21(23(33)30-35-24)22(27)28-15(2)8-9-32)6-7-19(14)25(34)31-12-17-5-3-4-16(11-26)20(17)13-31/h3-7,10,15,29,32H,8-9,12-13H2,1-2H3,(H2,27,28)(H,30,33). The van der Waals surface area contributed by atoms with E-state index >= 15 is 0 Å². The summed E-state index contributed by atoms with van der Waals surface area (Å²) in [7, 11) is 0. The minimum Gasteiger partial charge on any atom is -0.492 e. The molecule has 35 heavy (non-hydrogen) atoms. The molecule has 0 saturated heterocycles.